The summed E-state index contributed by atoms with van der Waals surface area (Å²) in [5.41, 5.74) is 1.75. The number of hydrogen-bond donors (Lipinski definition) is 1. The number of halogens is 1. The maximum atomic E-state index is 5.52. The summed E-state index contributed by atoms with van der Waals surface area (Å²) in [6.07, 6.45) is 4.10. The number of hydrogen-bond acceptors (Lipinski definition) is 2. The molecule has 20 heavy (non-hydrogen) atoms. The molecular formula is C17H24BrNO. The maximum Gasteiger partial charge on any atom is 0.0652 e. The molecule has 0 amide bonds. The van der Waals surface area contributed by atoms with Crippen LogP contribution in [0.25, 0.3) is 0 Å². The van der Waals surface area contributed by atoms with Crippen molar-refractivity contribution in [3.05, 3.63) is 34.3 Å². The van der Waals surface area contributed by atoms with Crippen LogP contribution >= 0.6 is 15.9 Å². The minimum atomic E-state index is 0.273. The average Bonchev–Trinajstić information content (AvgIpc) is 2.35. The Hall–Kier alpha value is -0.380. The number of ether oxygens (including phenoxy) is 1. The number of nitrogens with one attached hydrogen (secondary N) is 1. The van der Waals surface area contributed by atoms with Gasteiger partial charge in [0.15, 0.2) is 0 Å². The first-order chi connectivity index (χ1) is 9.50. The lowest BCUT2D eigenvalue weighted by atomic mass is 9.63. The lowest BCUT2D eigenvalue weighted by molar-refractivity contribution is -0.103. The van der Waals surface area contributed by atoms with Gasteiger partial charge in [-0.05, 0) is 42.9 Å². The molecule has 2 aliphatic rings. The molecule has 0 bridgehead atoms. The van der Waals surface area contributed by atoms with Crippen LogP contribution in [-0.4, -0.2) is 25.3 Å². The molecule has 1 N–H and O–H groups in total. The fourth-order valence-electron chi connectivity index (χ4n) is 3.64. The topological polar surface area (TPSA) is 21.3 Å². The molecule has 110 valence electrons. The van der Waals surface area contributed by atoms with Crippen LogP contribution in [0.3, 0.4) is 0 Å². The molecule has 0 saturated heterocycles. The van der Waals surface area contributed by atoms with Gasteiger partial charge in [-0.3, -0.25) is 0 Å². The van der Waals surface area contributed by atoms with Crippen molar-refractivity contribution < 1.29 is 4.74 Å². The fraction of sp³-hybridized carbons (Fsp3) is 0.647. The molecule has 2 saturated carbocycles. The van der Waals surface area contributed by atoms with Gasteiger partial charge in [-0.15, -0.1) is 0 Å². The van der Waals surface area contributed by atoms with E-state index in [1.54, 1.807) is 0 Å². The summed E-state index contributed by atoms with van der Waals surface area (Å²) in [6.45, 7) is 4.62. The van der Waals surface area contributed by atoms with Crippen LogP contribution in [0, 0.1) is 5.41 Å². The molecule has 2 fully saturated rings. The first-order valence-electron chi connectivity index (χ1n) is 7.55. The van der Waals surface area contributed by atoms with E-state index in [1.807, 2.05) is 7.11 Å². The number of rotatable bonds is 4. The largest absolute Gasteiger partial charge is 0.381 e. The van der Waals surface area contributed by atoms with Crippen molar-refractivity contribution in [3.63, 3.8) is 0 Å². The minimum Gasteiger partial charge on any atom is -0.381 e. The normalized spacial score (nSPS) is 35.2. The second-order valence-electron chi connectivity index (χ2n) is 6.92. The first kappa shape index (κ1) is 14.6. The maximum absolute atomic E-state index is 5.52. The Kier molecular flexibility index (Phi) is 3.95. The van der Waals surface area contributed by atoms with Crippen LogP contribution in [0.15, 0.2) is 28.7 Å². The van der Waals surface area contributed by atoms with E-state index in [9.17, 15) is 0 Å². The van der Waals surface area contributed by atoms with E-state index in [0.717, 1.165) is 12.3 Å². The van der Waals surface area contributed by atoms with Gasteiger partial charge in [0.25, 0.3) is 0 Å². The number of methoxy groups -OCH3 is 1. The van der Waals surface area contributed by atoms with Crippen LogP contribution in [0.4, 0.5) is 0 Å². The molecule has 2 aliphatic carbocycles. The zero-order valence-electron chi connectivity index (χ0n) is 12.5. The van der Waals surface area contributed by atoms with Gasteiger partial charge in [-0.1, -0.05) is 41.9 Å². The highest BCUT2D eigenvalue weighted by molar-refractivity contribution is 9.10. The molecule has 0 radical (unpaired) electrons. The van der Waals surface area contributed by atoms with E-state index in [0.29, 0.717) is 18.2 Å². The third-order valence-electron chi connectivity index (χ3n) is 5.36. The molecule has 1 aromatic rings. The highest BCUT2D eigenvalue weighted by Gasteiger charge is 2.49. The van der Waals surface area contributed by atoms with Gasteiger partial charge in [0.1, 0.15) is 0 Å². The summed E-state index contributed by atoms with van der Waals surface area (Å²) in [7, 11) is 1.83. The highest BCUT2D eigenvalue weighted by Crippen LogP contribution is 2.45. The predicted octanol–water partition coefficient (Wildman–Crippen LogP) is 4.10. The predicted molar refractivity (Wildman–Crippen MR) is 86.0 cm³/mol. The monoisotopic (exact) mass is 337 g/mol. The van der Waals surface area contributed by atoms with Crippen molar-refractivity contribution in [3.8, 4) is 0 Å². The van der Waals surface area contributed by atoms with E-state index in [4.69, 9.17) is 4.74 Å². The summed E-state index contributed by atoms with van der Waals surface area (Å²) >= 11 is 3.56. The summed E-state index contributed by atoms with van der Waals surface area (Å²) in [5.74, 6) is 0.728. The Bertz CT molecular complexity index is 482. The van der Waals surface area contributed by atoms with E-state index < -0.39 is 0 Å². The summed E-state index contributed by atoms with van der Waals surface area (Å²) in [5, 5.41) is 3.83. The van der Waals surface area contributed by atoms with Gasteiger partial charge < -0.3 is 10.1 Å². The molecule has 3 rings (SSSR count). The van der Waals surface area contributed by atoms with Crippen LogP contribution in [0.5, 0.6) is 0 Å². The third kappa shape index (κ3) is 2.56. The summed E-state index contributed by atoms with van der Waals surface area (Å²) < 4.78 is 6.71. The van der Waals surface area contributed by atoms with E-state index >= 15 is 0 Å². The zero-order valence-corrected chi connectivity index (χ0v) is 14.1. The molecule has 1 aromatic carbocycles. The Labute approximate surface area is 130 Å². The lowest BCUT2D eigenvalue weighted by Crippen LogP contribution is -2.63. The van der Waals surface area contributed by atoms with Crippen LogP contribution in [-0.2, 0) is 4.74 Å². The van der Waals surface area contributed by atoms with E-state index in [1.165, 1.54) is 22.9 Å². The van der Waals surface area contributed by atoms with Crippen molar-refractivity contribution in [2.24, 2.45) is 5.41 Å². The molecule has 2 atom stereocenters. The third-order valence-corrected chi connectivity index (χ3v) is 5.85. The molecule has 2 unspecified atom stereocenters. The lowest BCUT2D eigenvalue weighted by Gasteiger charge is -2.54. The van der Waals surface area contributed by atoms with E-state index in [-0.39, 0.29) is 5.41 Å². The van der Waals surface area contributed by atoms with Gasteiger partial charge in [0.2, 0.25) is 0 Å². The van der Waals surface area contributed by atoms with E-state index in [2.05, 4.69) is 59.4 Å². The van der Waals surface area contributed by atoms with Gasteiger partial charge >= 0.3 is 0 Å². The van der Waals surface area contributed by atoms with Crippen LogP contribution in [0.2, 0.25) is 0 Å². The van der Waals surface area contributed by atoms with Crippen LogP contribution in [0.1, 0.15) is 44.6 Å². The van der Waals surface area contributed by atoms with Crippen molar-refractivity contribution in [1.82, 2.24) is 5.32 Å². The van der Waals surface area contributed by atoms with Gasteiger partial charge in [-0.2, -0.15) is 0 Å². The molecule has 0 aliphatic heterocycles. The quantitative estimate of drug-likeness (QED) is 0.893. The minimum absolute atomic E-state index is 0.273. The Morgan fingerprint density at radius 3 is 2.60 bits per heavy atom. The smallest absolute Gasteiger partial charge is 0.0652 e. The number of benzene rings is 1. The Morgan fingerprint density at radius 2 is 2.00 bits per heavy atom. The van der Waals surface area contributed by atoms with Crippen LogP contribution < -0.4 is 5.32 Å². The van der Waals surface area contributed by atoms with Gasteiger partial charge in [-0.25, -0.2) is 0 Å². The van der Waals surface area contributed by atoms with Crippen molar-refractivity contribution >= 4 is 15.9 Å². The fourth-order valence-corrected chi connectivity index (χ4v) is 4.06. The highest BCUT2D eigenvalue weighted by atomic mass is 79.9. The molecule has 0 heterocycles. The van der Waals surface area contributed by atoms with Crippen molar-refractivity contribution in [1.29, 1.82) is 0 Å². The second kappa shape index (κ2) is 5.43. The second-order valence-corrected chi connectivity index (χ2v) is 7.84. The average molecular weight is 338 g/mol. The van der Waals surface area contributed by atoms with Crippen molar-refractivity contribution in [2.75, 3.05) is 7.11 Å². The zero-order chi connectivity index (χ0) is 14.3. The van der Waals surface area contributed by atoms with Gasteiger partial charge in [0, 0.05) is 29.1 Å². The molecule has 0 spiro atoms. The van der Waals surface area contributed by atoms with Crippen molar-refractivity contribution in [2.45, 2.75) is 57.2 Å². The SMILES string of the molecule is COC1CC(NC2CC(c3cccc(Br)c3)C2)C1(C)C. The summed E-state index contributed by atoms with van der Waals surface area (Å²) in [6, 6.07) is 10.0. The van der Waals surface area contributed by atoms with Gasteiger partial charge in [0.05, 0.1) is 6.10 Å². The molecule has 0 aromatic heterocycles. The molecule has 3 heteroatoms. The first-order valence-corrected chi connectivity index (χ1v) is 8.34. The standard InChI is InChI=1S/C17H24BrNO/c1-17(2)15(10-16(17)20-3)19-14-8-12(9-14)11-5-4-6-13(18)7-11/h4-7,12,14-16,19H,8-10H2,1-3H3. The molecule has 2 nitrogen and oxygen atoms in total. The Morgan fingerprint density at radius 1 is 1.25 bits per heavy atom. The Balaban J connectivity index is 1.50. The summed E-state index contributed by atoms with van der Waals surface area (Å²) in [4.78, 5) is 0. The molecular weight excluding hydrogens is 314 g/mol.